The molecule has 0 unspecified atom stereocenters. The number of benzene rings is 2. The molecule has 27 heavy (non-hydrogen) atoms. The van der Waals surface area contributed by atoms with E-state index in [-0.39, 0.29) is 5.92 Å². The van der Waals surface area contributed by atoms with Crippen molar-refractivity contribution in [2.75, 3.05) is 5.32 Å². The first-order valence-electron chi connectivity index (χ1n) is 8.73. The predicted molar refractivity (Wildman–Crippen MR) is 109 cm³/mol. The molecule has 1 aromatic heterocycles. The average Bonchev–Trinajstić information content (AvgIpc) is 3.09. The summed E-state index contributed by atoms with van der Waals surface area (Å²) < 4.78 is 5.98. The predicted octanol–water partition coefficient (Wildman–Crippen LogP) is 6.00. The molecule has 1 heterocycles. The number of hydrogen-bond donors (Lipinski definition) is 1. The van der Waals surface area contributed by atoms with E-state index in [0.29, 0.717) is 12.3 Å². The van der Waals surface area contributed by atoms with Crippen molar-refractivity contribution in [2.24, 2.45) is 5.18 Å². The molecule has 140 valence electrons. The van der Waals surface area contributed by atoms with E-state index in [2.05, 4.69) is 41.5 Å². The summed E-state index contributed by atoms with van der Waals surface area (Å²) in [5.41, 5.74) is 4.38. The summed E-state index contributed by atoms with van der Waals surface area (Å²) in [6.07, 6.45) is 0. The molecule has 0 atom stereocenters. The highest BCUT2D eigenvalue weighted by molar-refractivity contribution is 7.15. The number of anilines is 2. The molecule has 3 aromatic rings. The van der Waals surface area contributed by atoms with Crippen LogP contribution in [-0.2, 0) is 6.61 Å². The van der Waals surface area contributed by atoms with E-state index in [4.69, 9.17) is 4.74 Å². The third kappa shape index (κ3) is 4.68. The number of nitrogens with zero attached hydrogens (tertiary/aromatic N) is 3. The van der Waals surface area contributed by atoms with Crippen molar-refractivity contribution in [3.8, 4) is 5.75 Å². The first-order chi connectivity index (χ1) is 13.0. The van der Waals surface area contributed by atoms with Crippen LogP contribution in [0.2, 0.25) is 0 Å². The van der Waals surface area contributed by atoms with Gasteiger partial charge in [0.25, 0.3) is 0 Å². The molecule has 7 heteroatoms. The third-order valence-corrected chi connectivity index (χ3v) is 4.98. The molecule has 0 saturated heterocycles. The third-order valence-electron chi connectivity index (χ3n) is 4.17. The van der Waals surface area contributed by atoms with Crippen molar-refractivity contribution in [2.45, 2.75) is 40.2 Å². The molecule has 0 aliphatic carbocycles. The number of nitrogens with one attached hydrogen (secondary N) is 1. The number of aromatic nitrogens is 2. The molecule has 0 saturated carbocycles. The molecule has 0 aliphatic rings. The van der Waals surface area contributed by atoms with E-state index >= 15 is 0 Å². The van der Waals surface area contributed by atoms with Crippen molar-refractivity contribution in [1.29, 1.82) is 0 Å². The van der Waals surface area contributed by atoms with E-state index in [1.54, 1.807) is 6.07 Å². The largest absolute Gasteiger partial charge is 0.486 e. The first kappa shape index (κ1) is 19.0. The van der Waals surface area contributed by atoms with Gasteiger partial charge in [0.2, 0.25) is 5.13 Å². The van der Waals surface area contributed by atoms with E-state index < -0.39 is 0 Å². The maximum Gasteiger partial charge on any atom is 0.210 e. The van der Waals surface area contributed by atoms with Crippen molar-refractivity contribution in [3.05, 3.63) is 63.0 Å². The van der Waals surface area contributed by atoms with Gasteiger partial charge in [-0.05, 0) is 60.3 Å². The van der Waals surface area contributed by atoms with Gasteiger partial charge in [-0.25, -0.2) is 0 Å². The fourth-order valence-corrected chi connectivity index (χ4v) is 3.30. The van der Waals surface area contributed by atoms with Gasteiger partial charge >= 0.3 is 0 Å². The maximum atomic E-state index is 10.9. The van der Waals surface area contributed by atoms with Gasteiger partial charge < -0.3 is 10.1 Å². The van der Waals surface area contributed by atoms with Gasteiger partial charge in [-0.2, -0.15) is 0 Å². The Balaban J connectivity index is 1.70. The highest BCUT2D eigenvalue weighted by Crippen LogP contribution is 2.34. The molecule has 0 amide bonds. The van der Waals surface area contributed by atoms with E-state index in [1.165, 1.54) is 16.9 Å². The normalized spacial score (nSPS) is 10.9. The van der Waals surface area contributed by atoms with Crippen LogP contribution in [0.15, 0.2) is 41.6 Å². The number of rotatable bonds is 7. The summed E-state index contributed by atoms with van der Waals surface area (Å²) in [6, 6.07) is 11.8. The van der Waals surface area contributed by atoms with E-state index in [9.17, 15) is 4.91 Å². The number of nitroso groups, excluding NO2 is 1. The molecule has 2 aromatic carbocycles. The Morgan fingerprint density at radius 1 is 1.15 bits per heavy atom. The number of hydrogen-bond acceptors (Lipinski definition) is 7. The highest BCUT2D eigenvalue weighted by Gasteiger charge is 2.14. The van der Waals surface area contributed by atoms with E-state index in [0.717, 1.165) is 32.7 Å². The fraction of sp³-hybridized carbons (Fsp3) is 0.300. The van der Waals surface area contributed by atoms with Crippen molar-refractivity contribution in [1.82, 2.24) is 10.2 Å². The molecule has 0 spiro atoms. The maximum absolute atomic E-state index is 10.9. The molecular weight excluding hydrogens is 360 g/mol. The SMILES string of the molecule is Cc1ccc(Nc2nnc(COc3cc(C)c(N=O)cc3C(C)C)s2)cc1. The monoisotopic (exact) mass is 382 g/mol. The average molecular weight is 382 g/mol. The zero-order valence-corrected chi connectivity index (χ0v) is 16.6. The fourth-order valence-electron chi connectivity index (χ4n) is 2.62. The van der Waals surface area contributed by atoms with Crippen LogP contribution >= 0.6 is 11.3 Å². The summed E-state index contributed by atoms with van der Waals surface area (Å²) in [6.45, 7) is 8.33. The van der Waals surface area contributed by atoms with Gasteiger partial charge in [0.1, 0.15) is 18.0 Å². The Labute approximate surface area is 162 Å². The molecule has 0 radical (unpaired) electrons. The quantitative estimate of drug-likeness (QED) is 0.507. The molecule has 6 nitrogen and oxygen atoms in total. The topological polar surface area (TPSA) is 76.5 Å². The molecule has 0 aliphatic heterocycles. The lowest BCUT2D eigenvalue weighted by Crippen LogP contribution is -2.00. The lowest BCUT2D eigenvalue weighted by molar-refractivity contribution is 0.300. The van der Waals surface area contributed by atoms with Crippen LogP contribution in [0.3, 0.4) is 0 Å². The lowest BCUT2D eigenvalue weighted by Gasteiger charge is -2.15. The Bertz CT molecular complexity index is 936. The second-order valence-electron chi connectivity index (χ2n) is 6.70. The van der Waals surface area contributed by atoms with Crippen LogP contribution in [0.4, 0.5) is 16.5 Å². The van der Waals surface area contributed by atoms with Crippen molar-refractivity contribution < 1.29 is 4.74 Å². The zero-order chi connectivity index (χ0) is 19.4. The summed E-state index contributed by atoms with van der Waals surface area (Å²) in [5, 5.41) is 16.2. The number of aryl methyl sites for hydroxylation is 2. The first-order valence-corrected chi connectivity index (χ1v) is 9.54. The summed E-state index contributed by atoms with van der Waals surface area (Å²) >= 11 is 1.45. The summed E-state index contributed by atoms with van der Waals surface area (Å²) in [4.78, 5) is 10.9. The van der Waals surface area contributed by atoms with Crippen molar-refractivity contribution >= 4 is 27.8 Å². The zero-order valence-electron chi connectivity index (χ0n) is 15.8. The van der Waals surface area contributed by atoms with Crippen LogP contribution in [0, 0.1) is 18.8 Å². The van der Waals surface area contributed by atoms with E-state index in [1.807, 2.05) is 37.3 Å². The minimum atomic E-state index is 0.217. The van der Waals surface area contributed by atoms with Gasteiger partial charge in [0, 0.05) is 5.69 Å². The Morgan fingerprint density at radius 2 is 1.89 bits per heavy atom. The second kappa shape index (κ2) is 8.26. The Kier molecular flexibility index (Phi) is 5.81. The molecule has 3 rings (SSSR count). The molecule has 1 N–H and O–H groups in total. The van der Waals surface area contributed by atoms with Gasteiger partial charge in [-0.15, -0.1) is 15.1 Å². The molecule has 0 bridgehead atoms. The number of ether oxygens (including phenoxy) is 1. The van der Waals surface area contributed by atoms with Crippen LogP contribution in [0.1, 0.15) is 41.5 Å². The van der Waals surface area contributed by atoms with Gasteiger partial charge in [-0.3, -0.25) is 0 Å². The Hall–Kier alpha value is -2.80. The van der Waals surface area contributed by atoms with Crippen LogP contribution < -0.4 is 10.1 Å². The van der Waals surface area contributed by atoms with Gasteiger partial charge in [0.15, 0.2) is 5.01 Å². The van der Waals surface area contributed by atoms with Gasteiger partial charge in [0.05, 0.1) is 0 Å². The smallest absolute Gasteiger partial charge is 0.210 e. The minimum absolute atomic E-state index is 0.217. The molecular formula is C20H22N4O2S. The highest BCUT2D eigenvalue weighted by atomic mass is 32.1. The van der Waals surface area contributed by atoms with Crippen LogP contribution in [-0.4, -0.2) is 10.2 Å². The lowest BCUT2D eigenvalue weighted by atomic mass is 9.99. The summed E-state index contributed by atoms with van der Waals surface area (Å²) in [7, 11) is 0. The van der Waals surface area contributed by atoms with Crippen LogP contribution in [0.5, 0.6) is 5.75 Å². The summed E-state index contributed by atoms with van der Waals surface area (Å²) in [5.74, 6) is 0.965. The van der Waals surface area contributed by atoms with Crippen LogP contribution in [0.25, 0.3) is 0 Å². The van der Waals surface area contributed by atoms with Crippen molar-refractivity contribution in [3.63, 3.8) is 0 Å². The standard InChI is InChI=1S/C20H22N4O2S/c1-12(2)16-10-17(24-25)14(4)9-18(16)26-11-19-22-23-20(27-19)21-15-7-5-13(3)6-8-15/h5-10,12H,11H2,1-4H3,(H,21,23). The van der Waals surface area contributed by atoms with Gasteiger partial charge in [-0.1, -0.05) is 42.9 Å². The minimum Gasteiger partial charge on any atom is -0.486 e. The second-order valence-corrected chi connectivity index (χ2v) is 7.77. The molecule has 0 fully saturated rings. The Morgan fingerprint density at radius 3 is 2.56 bits per heavy atom.